The molecule has 0 fully saturated rings. The molecular formula is C16H19Cl2NO. The van der Waals surface area contributed by atoms with Gasteiger partial charge in [0.05, 0.1) is 11.6 Å². The zero-order valence-corrected chi connectivity index (χ0v) is 13.5. The summed E-state index contributed by atoms with van der Waals surface area (Å²) in [5, 5.41) is 4.75. The summed E-state index contributed by atoms with van der Waals surface area (Å²) in [6.45, 7) is 7.20. The molecule has 0 aliphatic heterocycles. The quantitative estimate of drug-likeness (QED) is 0.785. The normalized spacial score (nSPS) is 11.8. The third kappa shape index (κ3) is 3.78. The molecular weight excluding hydrogens is 293 g/mol. The lowest BCUT2D eigenvalue weighted by molar-refractivity contribution is 0.353. The van der Waals surface area contributed by atoms with Gasteiger partial charge in [0.25, 0.3) is 0 Å². The highest BCUT2D eigenvalue weighted by Crippen LogP contribution is 2.31. The van der Waals surface area contributed by atoms with E-state index in [2.05, 4.69) is 26.1 Å². The summed E-state index contributed by atoms with van der Waals surface area (Å²) in [4.78, 5) is 0. The molecule has 0 bridgehead atoms. The van der Waals surface area contributed by atoms with E-state index < -0.39 is 0 Å². The third-order valence-corrected chi connectivity index (χ3v) is 4.05. The van der Waals surface area contributed by atoms with Crippen LogP contribution in [0.1, 0.15) is 33.0 Å². The number of nitrogens with one attached hydrogen (secondary N) is 1. The lowest BCUT2D eigenvalue weighted by Crippen LogP contribution is -2.37. The van der Waals surface area contributed by atoms with Gasteiger partial charge in [-0.2, -0.15) is 0 Å². The summed E-state index contributed by atoms with van der Waals surface area (Å²) in [5.41, 5.74) is 0.917. The van der Waals surface area contributed by atoms with E-state index in [9.17, 15) is 0 Å². The fourth-order valence-corrected chi connectivity index (χ4v) is 2.14. The van der Waals surface area contributed by atoms with Crippen LogP contribution in [0.4, 0.5) is 0 Å². The van der Waals surface area contributed by atoms with Crippen LogP contribution < -0.4 is 5.32 Å². The fourth-order valence-electron chi connectivity index (χ4n) is 1.76. The van der Waals surface area contributed by atoms with Gasteiger partial charge in [-0.05, 0) is 50.6 Å². The van der Waals surface area contributed by atoms with Crippen molar-refractivity contribution < 1.29 is 4.42 Å². The molecule has 0 aliphatic carbocycles. The van der Waals surface area contributed by atoms with Gasteiger partial charge in [0.15, 0.2) is 0 Å². The first kappa shape index (κ1) is 15.4. The van der Waals surface area contributed by atoms with Crippen LogP contribution in [0.3, 0.4) is 0 Å². The second kappa shape index (κ2) is 6.21. The maximum atomic E-state index is 6.18. The van der Waals surface area contributed by atoms with Crippen LogP contribution >= 0.6 is 23.2 Å². The van der Waals surface area contributed by atoms with E-state index in [0.29, 0.717) is 16.6 Å². The fraction of sp³-hybridized carbons (Fsp3) is 0.375. The van der Waals surface area contributed by atoms with Crippen LogP contribution in [0.15, 0.2) is 34.7 Å². The average molecular weight is 312 g/mol. The summed E-state index contributed by atoms with van der Waals surface area (Å²) in [6.07, 6.45) is 1.06. The van der Waals surface area contributed by atoms with Crippen LogP contribution in [-0.2, 0) is 6.54 Å². The van der Waals surface area contributed by atoms with E-state index in [0.717, 1.165) is 23.5 Å². The Bertz CT molecular complexity index is 590. The Morgan fingerprint density at radius 3 is 2.60 bits per heavy atom. The van der Waals surface area contributed by atoms with Crippen LogP contribution in [0, 0.1) is 0 Å². The first-order valence-corrected chi connectivity index (χ1v) is 7.46. The van der Waals surface area contributed by atoms with Crippen molar-refractivity contribution in [2.45, 2.75) is 39.3 Å². The van der Waals surface area contributed by atoms with Crippen LogP contribution in [0.2, 0.25) is 10.0 Å². The molecule has 2 rings (SSSR count). The van der Waals surface area contributed by atoms with Gasteiger partial charge in [-0.25, -0.2) is 0 Å². The first-order valence-electron chi connectivity index (χ1n) is 6.70. The van der Waals surface area contributed by atoms with Crippen molar-refractivity contribution in [2.75, 3.05) is 0 Å². The topological polar surface area (TPSA) is 25.2 Å². The number of furan rings is 1. The second-order valence-corrected chi connectivity index (χ2v) is 6.32. The van der Waals surface area contributed by atoms with Gasteiger partial charge in [0.2, 0.25) is 0 Å². The first-order chi connectivity index (χ1) is 9.41. The maximum absolute atomic E-state index is 6.18. The monoisotopic (exact) mass is 311 g/mol. The molecule has 0 saturated carbocycles. The Labute approximate surface area is 130 Å². The minimum absolute atomic E-state index is 0.0979. The predicted molar refractivity (Wildman–Crippen MR) is 85.4 cm³/mol. The molecule has 1 N–H and O–H groups in total. The number of hydrogen-bond acceptors (Lipinski definition) is 2. The zero-order valence-electron chi connectivity index (χ0n) is 12.0. The molecule has 1 aromatic carbocycles. The Hall–Kier alpha value is -0.960. The minimum Gasteiger partial charge on any atom is -0.460 e. The summed E-state index contributed by atoms with van der Waals surface area (Å²) in [5.74, 6) is 1.63. The Morgan fingerprint density at radius 1 is 1.15 bits per heavy atom. The zero-order chi connectivity index (χ0) is 14.8. The third-order valence-electron chi connectivity index (χ3n) is 3.48. The summed E-state index contributed by atoms with van der Waals surface area (Å²) in [6, 6.07) is 9.25. The lowest BCUT2D eigenvalue weighted by Gasteiger charge is -2.23. The van der Waals surface area contributed by atoms with Gasteiger partial charge in [-0.3, -0.25) is 0 Å². The molecule has 1 aromatic heterocycles. The highest BCUT2D eigenvalue weighted by atomic mass is 35.5. The van der Waals surface area contributed by atoms with Gasteiger partial charge >= 0.3 is 0 Å². The second-order valence-electron chi connectivity index (χ2n) is 5.48. The molecule has 2 aromatic rings. The number of rotatable bonds is 5. The van der Waals surface area contributed by atoms with E-state index >= 15 is 0 Å². The van der Waals surface area contributed by atoms with Gasteiger partial charge in [0, 0.05) is 16.1 Å². The van der Waals surface area contributed by atoms with Gasteiger partial charge in [-0.1, -0.05) is 30.1 Å². The molecule has 0 saturated heterocycles. The molecule has 108 valence electrons. The van der Waals surface area contributed by atoms with E-state index in [1.807, 2.05) is 18.2 Å². The number of hydrogen-bond donors (Lipinski definition) is 1. The summed E-state index contributed by atoms with van der Waals surface area (Å²) < 4.78 is 5.84. The molecule has 2 nitrogen and oxygen atoms in total. The van der Waals surface area contributed by atoms with E-state index in [4.69, 9.17) is 27.6 Å². The highest BCUT2D eigenvalue weighted by molar-refractivity contribution is 6.35. The molecule has 0 amide bonds. The molecule has 1 heterocycles. The van der Waals surface area contributed by atoms with Gasteiger partial charge in [0.1, 0.15) is 11.5 Å². The number of benzene rings is 1. The van der Waals surface area contributed by atoms with E-state index in [1.54, 1.807) is 12.1 Å². The van der Waals surface area contributed by atoms with Gasteiger partial charge < -0.3 is 9.73 Å². The van der Waals surface area contributed by atoms with Crippen molar-refractivity contribution in [3.63, 3.8) is 0 Å². The predicted octanol–water partition coefficient (Wildman–Crippen LogP) is 5.53. The van der Waals surface area contributed by atoms with E-state index in [-0.39, 0.29) is 5.54 Å². The Kier molecular flexibility index (Phi) is 4.79. The van der Waals surface area contributed by atoms with E-state index in [1.165, 1.54) is 0 Å². The van der Waals surface area contributed by atoms with Crippen molar-refractivity contribution >= 4 is 23.2 Å². The number of halogens is 2. The summed E-state index contributed by atoms with van der Waals surface area (Å²) >= 11 is 12.2. The SMILES string of the molecule is CCC(C)(C)NCc1ccc(-c2cc(Cl)ccc2Cl)o1. The standard InChI is InChI=1S/C16H19Cl2NO/c1-4-16(2,3)19-10-12-6-8-15(20-12)13-9-11(17)5-7-14(13)18/h5-9,19H,4,10H2,1-3H3. The van der Waals surface area contributed by atoms with Crippen molar-refractivity contribution in [1.29, 1.82) is 0 Å². The van der Waals surface area contributed by atoms with Crippen molar-refractivity contribution in [3.8, 4) is 11.3 Å². The Balaban J connectivity index is 2.15. The van der Waals surface area contributed by atoms with Gasteiger partial charge in [-0.15, -0.1) is 0 Å². The molecule has 0 spiro atoms. The maximum Gasteiger partial charge on any atom is 0.135 e. The Morgan fingerprint density at radius 2 is 1.90 bits per heavy atom. The molecule has 0 unspecified atom stereocenters. The molecule has 0 atom stereocenters. The lowest BCUT2D eigenvalue weighted by atomic mass is 10.0. The summed E-state index contributed by atoms with van der Waals surface area (Å²) in [7, 11) is 0. The van der Waals surface area contributed by atoms with Crippen molar-refractivity contribution in [3.05, 3.63) is 46.1 Å². The molecule has 20 heavy (non-hydrogen) atoms. The van der Waals surface area contributed by atoms with Crippen molar-refractivity contribution in [2.24, 2.45) is 0 Å². The smallest absolute Gasteiger partial charge is 0.135 e. The minimum atomic E-state index is 0.0979. The van der Waals surface area contributed by atoms with Crippen LogP contribution in [0.25, 0.3) is 11.3 Å². The van der Waals surface area contributed by atoms with Crippen molar-refractivity contribution in [1.82, 2.24) is 5.32 Å². The highest BCUT2D eigenvalue weighted by Gasteiger charge is 2.15. The largest absolute Gasteiger partial charge is 0.460 e. The molecule has 0 radical (unpaired) electrons. The average Bonchev–Trinajstić information content (AvgIpc) is 2.88. The van der Waals surface area contributed by atoms with Crippen LogP contribution in [0.5, 0.6) is 0 Å². The molecule has 0 aliphatic rings. The molecule has 4 heteroatoms. The van der Waals surface area contributed by atoms with Crippen LogP contribution in [-0.4, -0.2) is 5.54 Å².